The van der Waals surface area contributed by atoms with E-state index in [0.717, 1.165) is 0 Å². The van der Waals surface area contributed by atoms with E-state index < -0.39 is 75.1 Å². The highest BCUT2D eigenvalue weighted by Gasteiger charge is 2.94. The molecule has 0 aliphatic carbocycles. The Kier molecular flexibility index (Phi) is 7.69. The number of hydrogen-bond donors (Lipinski definition) is 1. The molecule has 0 rings (SSSR count). The molecule has 0 heterocycles. The Morgan fingerprint density at radius 3 is 1.26 bits per heavy atom. The van der Waals surface area contributed by atoms with E-state index in [9.17, 15) is 74.3 Å². The van der Waals surface area contributed by atoms with Crippen LogP contribution in [-0.4, -0.2) is 78.6 Å². The molecular weight excluding hydrogens is 511 g/mol. The fraction of sp³-hybridized carbons (Fsp3) is 1.00. The van der Waals surface area contributed by atoms with Gasteiger partial charge in [0.25, 0.3) is 10.0 Å². The minimum Gasteiger partial charge on any atom is -0.395 e. The van der Waals surface area contributed by atoms with E-state index >= 15 is 0 Å². The molecule has 0 bridgehead atoms. The lowest BCUT2D eigenvalue weighted by Gasteiger charge is -2.41. The van der Waals surface area contributed by atoms with Gasteiger partial charge in [-0.3, -0.25) is 0 Å². The van der Waals surface area contributed by atoms with E-state index in [0.29, 0.717) is 6.92 Å². The number of alkyl halides is 15. The normalized spacial score (nSPS) is 16.2. The molecule has 188 valence electrons. The van der Waals surface area contributed by atoms with Crippen LogP contribution >= 0.6 is 0 Å². The molecule has 0 aromatic carbocycles. The van der Waals surface area contributed by atoms with Gasteiger partial charge in [0.15, 0.2) is 0 Å². The van der Waals surface area contributed by atoms with Crippen LogP contribution in [0.15, 0.2) is 0 Å². The smallest absolute Gasteiger partial charge is 0.395 e. The van der Waals surface area contributed by atoms with Crippen molar-refractivity contribution in [1.82, 2.24) is 4.31 Å². The minimum atomic E-state index is -8.57. The topological polar surface area (TPSA) is 57.6 Å². The number of aliphatic hydroxyl groups excluding tert-OH is 1. The Labute approximate surface area is 162 Å². The maximum absolute atomic E-state index is 13.8. The first-order valence-corrected chi connectivity index (χ1v) is 8.65. The maximum Gasteiger partial charge on any atom is 0.460 e. The Bertz CT molecular complexity index is 746. The van der Waals surface area contributed by atoms with E-state index in [2.05, 4.69) is 0 Å². The SMILES string of the molecule is CCN(CCO)S(=O)(=O)C(F)(F)C(F)(F)C(F)(F)C(F)(F)C(F)(F)C(F)(F)C(F)(F)F. The van der Waals surface area contributed by atoms with Gasteiger partial charge in [0.2, 0.25) is 0 Å². The first-order chi connectivity index (χ1) is 13.3. The molecule has 20 heteroatoms. The van der Waals surface area contributed by atoms with Gasteiger partial charge in [0.05, 0.1) is 6.61 Å². The number of rotatable bonds is 10. The number of sulfonamides is 1. The summed E-state index contributed by atoms with van der Waals surface area (Å²) in [4.78, 5) is 0. The zero-order chi connectivity index (χ0) is 25.7. The van der Waals surface area contributed by atoms with Crippen LogP contribution in [0.25, 0.3) is 0 Å². The highest BCUT2D eigenvalue weighted by molar-refractivity contribution is 7.90. The van der Waals surface area contributed by atoms with Crippen molar-refractivity contribution in [1.29, 1.82) is 0 Å². The third-order valence-electron chi connectivity index (χ3n) is 3.66. The van der Waals surface area contributed by atoms with E-state index in [1.54, 1.807) is 0 Å². The molecule has 0 aliphatic heterocycles. The van der Waals surface area contributed by atoms with Crippen molar-refractivity contribution in [2.45, 2.75) is 48.0 Å². The molecular formula is C11H10F15NO3S. The first kappa shape index (κ1) is 29.8. The van der Waals surface area contributed by atoms with Crippen molar-refractivity contribution in [2.24, 2.45) is 0 Å². The molecule has 0 fully saturated rings. The van der Waals surface area contributed by atoms with Gasteiger partial charge in [0, 0.05) is 13.1 Å². The molecule has 0 aliphatic rings. The van der Waals surface area contributed by atoms with Crippen molar-refractivity contribution < 1.29 is 79.4 Å². The predicted octanol–water partition coefficient (Wildman–Crippen LogP) is 3.96. The Morgan fingerprint density at radius 1 is 0.645 bits per heavy atom. The largest absolute Gasteiger partial charge is 0.460 e. The molecule has 0 unspecified atom stereocenters. The van der Waals surface area contributed by atoms with Crippen molar-refractivity contribution in [3.63, 3.8) is 0 Å². The van der Waals surface area contributed by atoms with Crippen molar-refractivity contribution in [2.75, 3.05) is 19.7 Å². The summed E-state index contributed by atoms with van der Waals surface area (Å²) in [6, 6.07) is 0. The Balaban J connectivity index is 6.83. The van der Waals surface area contributed by atoms with Crippen LogP contribution in [0.5, 0.6) is 0 Å². The van der Waals surface area contributed by atoms with Crippen LogP contribution in [0, 0.1) is 0 Å². The van der Waals surface area contributed by atoms with E-state index in [-0.39, 0.29) is 0 Å². The molecule has 31 heavy (non-hydrogen) atoms. The van der Waals surface area contributed by atoms with E-state index in [1.165, 1.54) is 0 Å². The molecule has 1 N–H and O–H groups in total. The van der Waals surface area contributed by atoms with Gasteiger partial charge in [-0.25, -0.2) is 8.42 Å². The van der Waals surface area contributed by atoms with Crippen LogP contribution in [0.4, 0.5) is 65.9 Å². The first-order valence-electron chi connectivity index (χ1n) is 7.21. The van der Waals surface area contributed by atoms with Crippen LogP contribution in [0.1, 0.15) is 6.92 Å². The van der Waals surface area contributed by atoms with Gasteiger partial charge >= 0.3 is 41.0 Å². The molecule has 4 nitrogen and oxygen atoms in total. The summed E-state index contributed by atoms with van der Waals surface area (Å²) in [5.74, 6) is -41.8. The molecule has 0 radical (unpaired) electrons. The average Bonchev–Trinajstić information content (AvgIpc) is 2.57. The Morgan fingerprint density at radius 2 is 0.968 bits per heavy atom. The van der Waals surface area contributed by atoms with Crippen molar-refractivity contribution in [3.05, 3.63) is 0 Å². The minimum absolute atomic E-state index is 0.576. The number of halogens is 15. The predicted molar refractivity (Wildman–Crippen MR) is 69.0 cm³/mol. The quantitative estimate of drug-likeness (QED) is 0.443. The number of hydrogen-bond acceptors (Lipinski definition) is 3. The van der Waals surface area contributed by atoms with Crippen LogP contribution in [-0.2, 0) is 10.0 Å². The van der Waals surface area contributed by atoms with Gasteiger partial charge in [-0.1, -0.05) is 6.92 Å². The zero-order valence-electron chi connectivity index (χ0n) is 14.4. The molecule has 0 aromatic rings. The summed E-state index contributed by atoms with van der Waals surface area (Å²) in [7, 11) is -7.20. The summed E-state index contributed by atoms with van der Waals surface area (Å²) < 4.78 is 218. The standard InChI is InChI=1S/C11H10F15NO3S/c1-2-27(3-4-28)31(29,30)11(25,26)9(20,21)7(16,17)5(12,13)6(14,15)8(18,19)10(22,23)24/h28H,2-4H2,1H3. The highest BCUT2D eigenvalue weighted by Crippen LogP contribution is 2.63. The number of aliphatic hydroxyl groups is 1. The summed E-state index contributed by atoms with van der Waals surface area (Å²) >= 11 is 0. The third kappa shape index (κ3) is 3.91. The zero-order valence-corrected chi connectivity index (χ0v) is 15.2. The van der Waals surface area contributed by atoms with Crippen molar-refractivity contribution >= 4 is 10.0 Å². The fourth-order valence-electron chi connectivity index (χ4n) is 1.84. The highest BCUT2D eigenvalue weighted by atomic mass is 32.2. The molecule has 0 saturated carbocycles. The lowest BCUT2D eigenvalue weighted by atomic mass is 9.94. The average molecular weight is 521 g/mol. The van der Waals surface area contributed by atoms with Crippen LogP contribution in [0.2, 0.25) is 0 Å². The second kappa shape index (κ2) is 7.99. The second-order valence-corrected chi connectivity index (χ2v) is 7.59. The second-order valence-electron chi connectivity index (χ2n) is 5.61. The van der Waals surface area contributed by atoms with Gasteiger partial charge < -0.3 is 5.11 Å². The lowest BCUT2D eigenvalue weighted by Crippen LogP contribution is -2.73. The summed E-state index contributed by atoms with van der Waals surface area (Å²) in [5, 5.41) is 1.01. The third-order valence-corrected chi connectivity index (χ3v) is 5.69. The molecule has 0 aromatic heterocycles. The van der Waals surface area contributed by atoms with Crippen LogP contribution < -0.4 is 0 Å². The van der Waals surface area contributed by atoms with Gasteiger partial charge in [-0.2, -0.15) is 70.2 Å². The Hall–Kier alpha value is -1.18. The monoisotopic (exact) mass is 521 g/mol. The maximum atomic E-state index is 13.8. The van der Waals surface area contributed by atoms with Gasteiger partial charge in [-0.05, 0) is 0 Å². The molecule has 0 atom stereocenters. The molecule has 0 saturated heterocycles. The summed E-state index contributed by atoms with van der Waals surface area (Å²) in [6.07, 6.45) is -7.75. The molecule has 0 spiro atoms. The summed E-state index contributed by atoms with van der Waals surface area (Å²) in [5.41, 5.74) is 0. The molecule has 0 amide bonds. The van der Waals surface area contributed by atoms with Gasteiger partial charge in [0.1, 0.15) is 0 Å². The lowest BCUT2D eigenvalue weighted by molar-refractivity contribution is -0.447. The summed E-state index contributed by atoms with van der Waals surface area (Å²) in [6.45, 7) is -3.70. The number of nitrogens with zero attached hydrogens (tertiary/aromatic N) is 1. The van der Waals surface area contributed by atoms with Crippen LogP contribution in [0.3, 0.4) is 0 Å². The van der Waals surface area contributed by atoms with Gasteiger partial charge in [-0.15, -0.1) is 0 Å². The number of likely N-dealkylation sites (N-methyl/N-ethyl adjacent to an activating group) is 1. The van der Waals surface area contributed by atoms with E-state index in [1.807, 2.05) is 0 Å². The van der Waals surface area contributed by atoms with Crippen molar-refractivity contribution in [3.8, 4) is 0 Å². The van der Waals surface area contributed by atoms with E-state index in [4.69, 9.17) is 5.11 Å². The fourth-order valence-corrected chi connectivity index (χ4v) is 3.27.